The average Bonchev–Trinajstić information content (AvgIpc) is 2.68. The highest BCUT2D eigenvalue weighted by atomic mass is 16.5. The summed E-state index contributed by atoms with van der Waals surface area (Å²) in [6, 6.07) is 3.91. The number of nitrogens with zero attached hydrogens (tertiary/aromatic N) is 5. The summed E-state index contributed by atoms with van der Waals surface area (Å²) in [5.74, 6) is 0.764. The van der Waals surface area contributed by atoms with Crippen molar-refractivity contribution in [3.8, 4) is 0 Å². The van der Waals surface area contributed by atoms with Gasteiger partial charge in [-0.2, -0.15) is 0 Å². The molecule has 1 amide bonds. The van der Waals surface area contributed by atoms with Crippen LogP contribution in [0.25, 0.3) is 0 Å². The number of amides is 1. The fraction of sp³-hybridized carbons (Fsp3) is 0.444. The van der Waals surface area contributed by atoms with Crippen molar-refractivity contribution in [1.82, 2.24) is 24.8 Å². The lowest BCUT2D eigenvalue weighted by atomic mass is 10.2. The number of carbonyl (C=O) groups excluding carboxylic acids is 1. The summed E-state index contributed by atoms with van der Waals surface area (Å²) in [6.45, 7) is 2.59. The molecular weight excluding hydrogens is 332 g/mol. The first-order valence-electron chi connectivity index (χ1n) is 8.63. The zero-order valence-corrected chi connectivity index (χ0v) is 15.1. The molecule has 1 fully saturated rings. The van der Waals surface area contributed by atoms with E-state index >= 15 is 0 Å². The molecule has 0 aliphatic carbocycles. The minimum Gasteiger partial charge on any atom is -0.372 e. The van der Waals surface area contributed by atoms with E-state index < -0.39 is 0 Å². The highest BCUT2D eigenvalue weighted by Gasteiger charge is 2.28. The number of morpholine rings is 1. The minimum atomic E-state index is -0.271. The van der Waals surface area contributed by atoms with Gasteiger partial charge in [-0.1, -0.05) is 6.07 Å². The number of anilines is 1. The number of hydrogen-bond acceptors (Lipinski definition) is 7. The summed E-state index contributed by atoms with van der Waals surface area (Å²) in [5, 5.41) is 3.03. The molecule has 3 rings (SSSR count). The topological polar surface area (TPSA) is 83.5 Å². The molecule has 0 saturated carbocycles. The Bertz CT molecular complexity index is 727. The molecule has 1 saturated heterocycles. The summed E-state index contributed by atoms with van der Waals surface area (Å²) < 4.78 is 5.83. The Kier molecular flexibility index (Phi) is 6.08. The van der Waals surface area contributed by atoms with Gasteiger partial charge >= 0.3 is 0 Å². The summed E-state index contributed by atoms with van der Waals surface area (Å²) in [6.07, 6.45) is 6.57. The highest BCUT2D eigenvalue weighted by molar-refractivity contribution is 5.78. The number of nitrogens with one attached hydrogen (secondary N) is 1. The van der Waals surface area contributed by atoms with Gasteiger partial charge in [0.2, 0.25) is 5.91 Å². The van der Waals surface area contributed by atoms with Crippen LogP contribution in [0.4, 0.5) is 5.82 Å². The number of carbonyl (C=O) groups is 1. The Morgan fingerprint density at radius 3 is 3.00 bits per heavy atom. The van der Waals surface area contributed by atoms with Crippen molar-refractivity contribution in [3.63, 3.8) is 0 Å². The van der Waals surface area contributed by atoms with Crippen LogP contribution in [0.15, 0.2) is 36.9 Å². The number of ether oxygens (including phenoxy) is 1. The molecule has 0 spiro atoms. The van der Waals surface area contributed by atoms with Crippen molar-refractivity contribution >= 4 is 11.7 Å². The van der Waals surface area contributed by atoms with Gasteiger partial charge in [0.25, 0.3) is 0 Å². The molecule has 1 aliphatic heterocycles. The molecule has 1 atom stereocenters. The lowest BCUT2D eigenvalue weighted by Crippen LogP contribution is -2.46. The summed E-state index contributed by atoms with van der Waals surface area (Å²) >= 11 is 0. The second-order valence-electron chi connectivity index (χ2n) is 6.27. The number of likely N-dealkylation sites (N-methyl/N-ethyl adjacent to an activating group) is 1. The molecule has 2 aromatic heterocycles. The summed E-state index contributed by atoms with van der Waals surface area (Å²) in [5.41, 5.74) is 1.82. The molecule has 0 bridgehead atoms. The molecule has 2 aromatic rings. The van der Waals surface area contributed by atoms with Gasteiger partial charge in [-0.3, -0.25) is 19.7 Å². The molecule has 1 aliphatic rings. The van der Waals surface area contributed by atoms with E-state index in [1.807, 2.05) is 35.2 Å². The van der Waals surface area contributed by atoms with Crippen LogP contribution in [0.3, 0.4) is 0 Å². The first-order valence-corrected chi connectivity index (χ1v) is 8.63. The number of aromatic nitrogens is 3. The fourth-order valence-electron chi connectivity index (χ4n) is 3.01. The van der Waals surface area contributed by atoms with Crippen molar-refractivity contribution in [3.05, 3.63) is 48.2 Å². The third kappa shape index (κ3) is 4.53. The van der Waals surface area contributed by atoms with Crippen LogP contribution >= 0.6 is 0 Å². The van der Waals surface area contributed by atoms with E-state index in [0.717, 1.165) is 11.3 Å². The Balaban J connectivity index is 1.59. The van der Waals surface area contributed by atoms with Gasteiger partial charge in [-0.25, -0.2) is 4.98 Å². The average molecular weight is 356 g/mol. The Morgan fingerprint density at radius 1 is 1.38 bits per heavy atom. The number of pyridine rings is 1. The van der Waals surface area contributed by atoms with Crippen molar-refractivity contribution in [1.29, 1.82) is 0 Å². The maximum absolute atomic E-state index is 12.7. The minimum absolute atomic E-state index is 0.0830. The second-order valence-corrected chi connectivity index (χ2v) is 6.27. The van der Waals surface area contributed by atoms with E-state index in [9.17, 15) is 4.79 Å². The molecule has 3 heterocycles. The summed E-state index contributed by atoms with van der Waals surface area (Å²) in [4.78, 5) is 29.3. The molecular formula is C18H24N6O2. The van der Waals surface area contributed by atoms with Crippen LogP contribution in [0.1, 0.15) is 17.4 Å². The van der Waals surface area contributed by atoms with Crippen LogP contribution in [0, 0.1) is 0 Å². The molecule has 0 unspecified atom stereocenters. The van der Waals surface area contributed by atoms with Crippen LogP contribution in [-0.4, -0.2) is 71.0 Å². The van der Waals surface area contributed by atoms with Crippen molar-refractivity contribution < 1.29 is 9.53 Å². The van der Waals surface area contributed by atoms with Crippen molar-refractivity contribution in [2.75, 3.05) is 45.7 Å². The molecule has 138 valence electrons. The second kappa shape index (κ2) is 8.68. The Morgan fingerprint density at radius 2 is 2.23 bits per heavy atom. The Hall–Kier alpha value is -2.58. The predicted molar refractivity (Wildman–Crippen MR) is 97.4 cm³/mol. The van der Waals surface area contributed by atoms with Crippen molar-refractivity contribution in [2.24, 2.45) is 0 Å². The van der Waals surface area contributed by atoms with Crippen LogP contribution in [0.2, 0.25) is 0 Å². The summed E-state index contributed by atoms with van der Waals surface area (Å²) in [7, 11) is 3.73. The first kappa shape index (κ1) is 18.2. The van der Waals surface area contributed by atoms with E-state index in [-0.39, 0.29) is 12.0 Å². The van der Waals surface area contributed by atoms with Gasteiger partial charge in [-0.15, -0.1) is 0 Å². The number of hydrogen-bond donors (Lipinski definition) is 1. The van der Waals surface area contributed by atoms with E-state index in [0.29, 0.717) is 38.6 Å². The van der Waals surface area contributed by atoms with E-state index in [2.05, 4.69) is 20.3 Å². The Labute approximate surface area is 153 Å². The molecule has 0 aromatic carbocycles. The zero-order chi connectivity index (χ0) is 18.4. The third-order valence-electron chi connectivity index (χ3n) is 4.27. The van der Waals surface area contributed by atoms with E-state index in [1.54, 1.807) is 25.6 Å². The smallest absolute Gasteiger partial charge is 0.236 e. The van der Waals surface area contributed by atoms with Gasteiger partial charge in [0, 0.05) is 44.9 Å². The zero-order valence-electron chi connectivity index (χ0n) is 15.1. The van der Waals surface area contributed by atoms with Gasteiger partial charge < -0.3 is 15.0 Å². The first-order chi connectivity index (χ1) is 12.7. The van der Waals surface area contributed by atoms with Gasteiger partial charge in [0.1, 0.15) is 17.6 Å². The lowest BCUT2D eigenvalue weighted by molar-refractivity contribution is -0.140. The third-order valence-corrected chi connectivity index (χ3v) is 4.27. The van der Waals surface area contributed by atoms with E-state index in [4.69, 9.17) is 4.74 Å². The van der Waals surface area contributed by atoms with E-state index in [1.165, 1.54) is 0 Å². The molecule has 8 heteroatoms. The molecule has 26 heavy (non-hydrogen) atoms. The van der Waals surface area contributed by atoms with Crippen molar-refractivity contribution in [2.45, 2.75) is 12.6 Å². The van der Waals surface area contributed by atoms with Gasteiger partial charge in [-0.05, 0) is 18.7 Å². The largest absolute Gasteiger partial charge is 0.372 e. The predicted octanol–water partition coefficient (Wildman–Crippen LogP) is 0.945. The van der Waals surface area contributed by atoms with Crippen LogP contribution in [-0.2, 0) is 16.1 Å². The molecule has 0 radical (unpaired) electrons. The molecule has 1 N–H and O–H groups in total. The van der Waals surface area contributed by atoms with Gasteiger partial charge in [0.05, 0.1) is 19.7 Å². The highest BCUT2D eigenvalue weighted by Crippen LogP contribution is 2.25. The lowest BCUT2D eigenvalue weighted by Gasteiger charge is -2.34. The van der Waals surface area contributed by atoms with Crippen LogP contribution < -0.4 is 5.32 Å². The van der Waals surface area contributed by atoms with Crippen LogP contribution in [0.5, 0.6) is 0 Å². The fourth-order valence-corrected chi connectivity index (χ4v) is 3.01. The maximum Gasteiger partial charge on any atom is 0.236 e. The maximum atomic E-state index is 12.7. The SMILES string of the molecule is CNc1nccnc1[C@@H]1CN(C(=O)CN(C)Cc2cccnc2)CCO1. The quantitative estimate of drug-likeness (QED) is 0.825. The standard InChI is InChI=1S/C18H24N6O2/c1-19-18-17(21-6-7-22-18)15-12-24(8-9-26-15)16(25)13-23(2)11-14-4-3-5-20-10-14/h3-7,10,15H,8-9,11-13H2,1-2H3,(H,19,22)/t15-/m0/s1. The normalized spacial score (nSPS) is 17.3. The van der Waals surface area contributed by atoms with Gasteiger partial charge in [0.15, 0.2) is 0 Å². The monoisotopic (exact) mass is 356 g/mol. The number of rotatable bonds is 6. The molecule has 8 nitrogen and oxygen atoms in total.